The minimum atomic E-state index is -0.391. The Labute approximate surface area is 123 Å². The van der Waals surface area contributed by atoms with E-state index >= 15 is 0 Å². The average Bonchev–Trinajstić information content (AvgIpc) is 2.32. The van der Waals surface area contributed by atoms with Crippen LogP contribution in [0.1, 0.15) is 0 Å². The van der Waals surface area contributed by atoms with E-state index in [-0.39, 0.29) is 24.0 Å². The van der Waals surface area contributed by atoms with Crippen molar-refractivity contribution in [3.63, 3.8) is 0 Å². The highest BCUT2D eigenvalue weighted by atomic mass is 35.5. The number of nitrogens with two attached hydrogens (primary N) is 1. The third kappa shape index (κ3) is 6.94. The minimum Gasteiger partial charge on any atom is -0.491 e. The number of hydrogen-bond donors (Lipinski definition) is 2. The monoisotopic (exact) mass is 312 g/mol. The van der Waals surface area contributed by atoms with Crippen molar-refractivity contribution in [1.82, 2.24) is 4.90 Å². The normalized spacial score (nSPS) is 10.4. The summed E-state index contributed by atoms with van der Waals surface area (Å²) in [4.78, 5) is 1.98. The van der Waals surface area contributed by atoms with Crippen LogP contribution in [0.5, 0.6) is 5.75 Å². The minimum absolute atomic E-state index is 0. The summed E-state index contributed by atoms with van der Waals surface area (Å²) >= 11 is 5.83. The van der Waals surface area contributed by atoms with Crippen molar-refractivity contribution in [2.24, 2.45) is 5.73 Å². The summed E-state index contributed by atoms with van der Waals surface area (Å²) < 4.78 is 18.3. The summed E-state index contributed by atoms with van der Waals surface area (Å²) in [6.07, 6.45) is 0. The number of rotatable bonds is 8. The summed E-state index contributed by atoms with van der Waals surface area (Å²) in [5, 5.41) is 9.12. The van der Waals surface area contributed by atoms with Gasteiger partial charge < -0.3 is 15.6 Å². The first-order valence-corrected chi connectivity index (χ1v) is 6.16. The predicted octanol–water partition coefficient (Wildman–Crippen LogP) is 1.53. The van der Waals surface area contributed by atoms with E-state index < -0.39 is 5.82 Å². The van der Waals surface area contributed by atoms with Crippen molar-refractivity contribution >= 4 is 24.0 Å². The highest BCUT2D eigenvalue weighted by Gasteiger charge is 2.06. The van der Waals surface area contributed by atoms with Crippen LogP contribution >= 0.6 is 24.0 Å². The first-order chi connectivity index (χ1) is 8.67. The van der Waals surface area contributed by atoms with E-state index in [0.717, 1.165) is 0 Å². The molecule has 0 fully saturated rings. The molecular formula is C12H19Cl2FN2O2. The molecule has 0 aliphatic rings. The van der Waals surface area contributed by atoms with Gasteiger partial charge in [0.2, 0.25) is 0 Å². The molecule has 0 aromatic heterocycles. The second-order valence-electron chi connectivity index (χ2n) is 3.78. The Bertz CT molecular complexity index is 364. The van der Waals surface area contributed by atoms with Crippen LogP contribution in [-0.4, -0.2) is 49.4 Å². The fourth-order valence-electron chi connectivity index (χ4n) is 1.54. The highest BCUT2D eigenvalue weighted by Crippen LogP contribution is 2.24. The average molecular weight is 313 g/mol. The molecule has 0 aliphatic carbocycles. The molecule has 1 aromatic carbocycles. The number of halogens is 3. The molecule has 0 amide bonds. The van der Waals surface area contributed by atoms with Gasteiger partial charge in [0.15, 0.2) is 0 Å². The van der Waals surface area contributed by atoms with E-state index in [2.05, 4.69) is 0 Å². The SMILES string of the molecule is Cl.NCCN(CCO)CCOc1ccc(F)cc1Cl. The number of hydrogen-bond acceptors (Lipinski definition) is 4. The molecule has 110 valence electrons. The lowest BCUT2D eigenvalue weighted by molar-refractivity contribution is 0.171. The Hall–Kier alpha value is -0.590. The Kier molecular flexibility index (Phi) is 9.91. The van der Waals surface area contributed by atoms with Crippen molar-refractivity contribution in [2.45, 2.75) is 0 Å². The molecule has 0 radical (unpaired) electrons. The van der Waals surface area contributed by atoms with Crippen LogP contribution < -0.4 is 10.5 Å². The number of ether oxygens (including phenoxy) is 1. The molecule has 7 heteroatoms. The van der Waals surface area contributed by atoms with Gasteiger partial charge in [0.25, 0.3) is 0 Å². The van der Waals surface area contributed by atoms with E-state index in [1.54, 1.807) is 0 Å². The standard InChI is InChI=1S/C12H18ClFN2O2.ClH/c13-11-9-10(14)1-2-12(11)18-8-6-16(4-3-15)5-7-17;/h1-2,9,17H,3-8,15H2;1H. The Balaban J connectivity index is 0.00000324. The second kappa shape index (κ2) is 10.2. The van der Waals surface area contributed by atoms with Crippen LogP contribution in [0.3, 0.4) is 0 Å². The van der Waals surface area contributed by atoms with E-state index in [1.165, 1.54) is 18.2 Å². The van der Waals surface area contributed by atoms with E-state index in [4.69, 9.17) is 27.2 Å². The Morgan fingerprint density at radius 3 is 2.63 bits per heavy atom. The van der Waals surface area contributed by atoms with Gasteiger partial charge in [0, 0.05) is 26.2 Å². The summed E-state index contributed by atoms with van der Waals surface area (Å²) in [6.45, 7) is 2.89. The summed E-state index contributed by atoms with van der Waals surface area (Å²) in [5.41, 5.74) is 5.46. The molecule has 0 saturated heterocycles. The molecule has 0 unspecified atom stereocenters. The van der Waals surface area contributed by atoms with Crippen LogP contribution in [-0.2, 0) is 0 Å². The smallest absolute Gasteiger partial charge is 0.138 e. The van der Waals surface area contributed by atoms with Gasteiger partial charge in [-0.15, -0.1) is 12.4 Å². The summed E-state index contributed by atoms with van der Waals surface area (Å²) in [5.74, 6) is 0.0622. The van der Waals surface area contributed by atoms with Crippen molar-refractivity contribution in [2.75, 3.05) is 39.4 Å². The van der Waals surface area contributed by atoms with Crippen molar-refractivity contribution in [1.29, 1.82) is 0 Å². The molecule has 0 atom stereocenters. The van der Waals surface area contributed by atoms with Crippen LogP contribution in [0, 0.1) is 5.82 Å². The number of aliphatic hydroxyl groups is 1. The van der Waals surface area contributed by atoms with Gasteiger partial charge in [-0.2, -0.15) is 0 Å². The Morgan fingerprint density at radius 1 is 1.32 bits per heavy atom. The van der Waals surface area contributed by atoms with Gasteiger partial charge >= 0.3 is 0 Å². The zero-order valence-electron chi connectivity index (χ0n) is 10.5. The van der Waals surface area contributed by atoms with E-state index in [0.29, 0.717) is 38.5 Å². The lowest BCUT2D eigenvalue weighted by atomic mass is 10.3. The summed E-state index contributed by atoms with van der Waals surface area (Å²) in [7, 11) is 0. The van der Waals surface area contributed by atoms with Crippen molar-refractivity contribution in [3.8, 4) is 5.75 Å². The molecule has 19 heavy (non-hydrogen) atoms. The van der Waals surface area contributed by atoms with Crippen LogP contribution in [0.2, 0.25) is 5.02 Å². The number of nitrogens with zero attached hydrogens (tertiary/aromatic N) is 1. The molecule has 3 N–H and O–H groups in total. The molecule has 0 bridgehead atoms. The van der Waals surface area contributed by atoms with Gasteiger partial charge in [0.05, 0.1) is 11.6 Å². The van der Waals surface area contributed by atoms with Crippen molar-refractivity contribution in [3.05, 3.63) is 29.0 Å². The number of aliphatic hydroxyl groups excluding tert-OH is 1. The topological polar surface area (TPSA) is 58.7 Å². The fraction of sp³-hybridized carbons (Fsp3) is 0.500. The first kappa shape index (κ1) is 18.4. The molecule has 0 spiro atoms. The van der Waals surface area contributed by atoms with Gasteiger partial charge in [-0.05, 0) is 18.2 Å². The van der Waals surface area contributed by atoms with Crippen molar-refractivity contribution < 1.29 is 14.2 Å². The maximum absolute atomic E-state index is 12.8. The highest BCUT2D eigenvalue weighted by molar-refractivity contribution is 6.32. The molecule has 1 aromatic rings. The molecular weight excluding hydrogens is 294 g/mol. The zero-order chi connectivity index (χ0) is 13.4. The maximum Gasteiger partial charge on any atom is 0.138 e. The predicted molar refractivity (Wildman–Crippen MR) is 76.7 cm³/mol. The molecule has 0 aliphatic heterocycles. The molecule has 0 saturated carbocycles. The number of benzene rings is 1. The van der Waals surface area contributed by atoms with Gasteiger partial charge in [-0.1, -0.05) is 11.6 Å². The molecule has 4 nitrogen and oxygen atoms in total. The van der Waals surface area contributed by atoms with Gasteiger partial charge in [-0.25, -0.2) is 4.39 Å². The quantitative estimate of drug-likeness (QED) is 0.764. The molecule has 0 heterocycles. The van der Waals surface area contributed by atoms with Crippen LogP contribution in [0.15, 0.2) is 18.2 Å². The molecule has 1 rings (SSSR count). The van der Waals surface area contributed by atoms with Gasteiger partial charge in [-0.3, -0.25) is 4.90 Å². The van der Waals surface area contributed by atoms with Gasteiger partial charge in [0.1, 0.15) is 18.2 Å². The zero-order valence-corrected chi connectivity index (χ0v) is 12.1. The fourth-order valence-corrected chi connectivity index (χ4v) is 1.76. The lowest BCUT2D eigenvalue weighted by Crippen LogP contribution is -2.35. The summed E-state index contributed by atoms with van der Waals surface area (Å²) in [6, 6.07) is 4.01. The largest absolute Gasteiger partial charge is 0.491 e. The van der Waals surface area contributed by atoms with E-state index in [9.17, 15) is 4.39 Å². The van der Waals surface area contributed by atoms with Crippen LogP contribution in [0.25, 0.3) is 0 Å². The second-order valence-corrected chi connectivity index (χ2v) is 4.18. The first-order valence-electron chi connectivity index (χ1n) is 5.78. The van der Waals surface area contributed by atoms with E-state index in [1.807, 2.05) is 4.90 Å². The maximum atomic E-state index is 12.8. The lowest BCUT2D eigenvalue weighted by Gasteiger charge is -2.20. The Morgan fingerprint density at radius 2 is 2.05 bits per heavy atom. The third-order valence-corrected chi connectivity index (χ3v) is 2.72. The third-order valence-electron chi connectivity index (χ3n) is 2.42. The van der Waals surface area contributed by atoms with Crippen LogP contribution in [0.4, 0.5) is 4.39 Å².